The van der Waals surface area contributed by atoms with E-state index >= 15 is 0 Å². The van der Waals surface area contributed by atoms with Gasteiger partial charge in [-0.25, -0.2) is 0 Å². The standard InChI is InChI=1S/C16H34ClIN2/c1-19(2,3)13-9-7-11-15(17)16(18)12-8-10-14-20(4,5)6/h7-14H2,1-6H3/q+2/b16-15+. The van der Waals surface area contributed by atoms with Crippen LogP contribution in [0.15, 0.2) is 8.61 Å². The van der Waals surface area contributed by atoms with Crippen molar-refractivity contribution in [1.29, 1.82) is 0 Å². The summed E-state index contributed by atoms with van der Waals surface area (Å²) >= 11 is 8.85. The Bertz CT molecular complexity index is 271. The van der Waals surface area contributed by atoms with E-state index in [0.29, 0.717) is 0 Å². The van der Waals surface area contributed by atoms with Crippen LogP contribution in [0.25, 0.3) is 0 Å². The molecule has 0 heterocycles. The summed E-state index contributed by atoms with van der Waals surface area (Å²) in [4.78, 5) is 0. The lowest BCUT2D eigenvalue weighted by Crippen LogP contribution is -2.35. The molecule has 0 aliphatic heterocycles. The molecule has 0 rings (SSSR count). The lowest BCUT2D eigenvalue weighted by Gasteiger charge is -2.23. The maximum absolute atomic E-state index is 6.41. The Hall–Kier alpha value is 0.680. The number of allylic oxidation sites excluding steroid dienone is 2. The maximum Gasteiger partial charge on any atom is 0.0780 e. The van der Waals surface area contributed by atoms with Gasteiger partial charge in [-0.15, -0.1) is 0 Å². The van der Waals surface area contributed by atoms with Crippen molar-refractivity contribution in [3.63, 3.8) is 0 Å². The minimum atomic E-state index is 1.05. The molecule has 0 saturated carbocycles. The number of nitrogens with zero attached hydrogens (tertiary/aromatic N) is 2. The molecule has 0 unspecified atom stereocenters. The van der Waals surface area contributed by atoms with Gasteiger partial charge in [-0.05, 0) is 61.1 Å². The van der Waals surface area contributed by atoms with Gasteiger partial charge in [-0.2, -0.15) is 0 Å². The van der Waals surface area contributed by atoms with Gasteiger partial charge in [0.2, 0.25) is 0 Å². The first-order valence-corrected chi connectivity index (χ1v) is 9.11. The third-order valence-corrected chi connectivity index (χ3v) is 5.17. The highest BCUT2D eigenvalue weighted by Gasteiger charge is 2.09. The monoisotopic (exact) mass is 416 g/mol. The molecule has 0 aliphatic carbocycles. The van der Waals surface area contributed by atoms with Crippen LogP contribution < -0.4 is 0 Å². The van der Waals surface area contributed by atoms with Crippen molar-refractivity contribution in [3.8, 4) is 0 Å². The van der Waals surface area contributed by atoms with Crippen molar-refractivity contribution < 1.29 is 8.97 Å². The van der Waals surface area contributed by atoms with Crippen LogP contribution in [0.3, 0.4) is 0 Å². The summed E-state index contributed by atoms with van der Waals surface area (Å²) in [7, 11) is 13.5. The number of hydrogen-bond donors (Lipinski definition) is 0. The molecule has 0 spiro atoms. The molecule has 2 nitrogen and oxygen atoms in total. The van der Waals surface area contributed by atoms with Gasteiger partial charge in [0.1, 0.15) is 0 Å². The minimum absolute atomic E-state index is 1.05. The molecule has 0 fully saturated rings. The van der Waals surface area contributed by atoms with Crippen LogP contribution in [0.2, 0.25) is 0 Å². The number of rotatable bonds is 10. The maximum atomic E-state index is 6.41. The van der Waals surface area contributed by atoms with Gasteiger partial charge >= 0.3 is 0 Å². The molecular formula is C16H34ClIN2+2. The zero-order valence-electron chi connectivity index (χ0n) is 14.3. The van der Waals surface area contributed by atoms with E-state index in [9.17, 15) is 0 Å². The molecule has 120 valence electrons. The van der Waals surface area contributed by atoms with Gasteiger partial charge in [-0.3, -0.25) is 0 Å². The van der Waals surface area contributed by atoms with E-state index < -0.39 is 0 Å². The summed E-state index contributed by atoms with van der Waals surface area (Å²) in [5.41, 5.74) is 0. The van der Waals surface area contributed by atoms with E-state index in [1.54, 1.807) is 0 Å². The second-order valence-electron chi connectivity index (χ2n) is 7.75. The Morgan fingerprint density at radius 3 is 1.55 bits per heavy atom. The first-order chi connectivity index (χ1) is 9.01. The van der Waals surface area contributed by atoms with Gasteiger partial charge in [0, 0.05) is 8.61 Å². The minimum Gasteiger partial charge on any atom is -0.331 e. The smallest absolute Gasteiger partial charge is 0.0780 e. The second-order valence-corrected chi connectivity index (χ2v) is 9.51. The molecule has 0 saturated heterocycles. The predicted molar refractivity (Wildman–Crippen MR) is 100 cm³/mol. The van der Waals surface area contributed by atoms with Crippen LogP contribution >= 0.6 is 34.2 Å². The Balaban J connectivity index is 3.83. The lowest BCUT2D eigenvalue weighted by molar-refractivity contribution is -0.870. The SMILES string of the molecule is C[N+](C)(C)CCCC/C(Cl)=C(\I)CCCC[N+](C)(C)C. The van der Waals surface area contributed by atoms with Crippen LogP contribution in [0.5, 0.6) is 0 Å². The van der Waals surface area contributed by atoms with Crippen LogP contribution in [0.4, 0.5) is 0 Å². The molecule has 0 N–H and O–H groups in total. The molecule has 0 aromatic rings. The zero-order chi connectivity index (χ0) is 15.8. The Labute approximate surface area is 145 Å². The zero-order valence-corrected chi connectivity index (χ0v) is 17.2. The van der Waals surface area contributed by atoms with Gasteiger partial charge in [0.05, 0.1) is 55.4 Å². The summed E-state index contributed by atoms with van der Waals surface area (Å²) in [6.07, 6.45) is 7.19. The van der Waals surface area contributed by atoms with Crippen LogP contribution in [0, 0.1) is 0 Å². The van der Waals surface area contributed by atoms with Crippen molar-refractivity contribution in [3.05, 3.63) is 8.61 Å². The van der Waals surface area contributed by atoms with Crippen LogP contribution in [-0.4, -0.2) is 64.3 Å². The van der Waals surface area contributed by atoms with Crippen LogP contribution in [-0.2, 0) is 0 Å². The average Bonchev–Trinajstić information content (AvgIpc) is 2.27. The molecule has 0 radical (unpaired) electrons. The highest BCUT2D eigenvalue weighted by atomic mass is 127. The van der Waals surface area contributed by atoms with Crippen molar-refractivity contribution in [2.75, 3.05) is 55.4 Å². The molecule has 0 bridgehead atoms. The van der Waals surface area contributed by atoms with Gasteiger partial charge in [0.15, 0.2) is 0 Å². The number of quaternary nitrogens is 2. The summed E-state index contributed by atoms with van der Waals surface area (Å²) in [5.74, 6) is 0. The lowest BCUT2D eigenvalue weighted by atomic mass is 10.1. The Morgan fingerprint density at radius 1 is 0.750 bits per heavy atom. The summed E-state index contributed by atoms with van der Waals surface area (Å²) in [6, 6.07) is 0. The number of hydrogen-bond acceptors (Lipinski definition) is 0. The topological polar surface area (TPSA) is 0 Å². The fraction of sp³-hybridized carbons (Fsp3) is 0.875. The second kappa shape index (κ2) is 9.65. The summed E-state index contributed by atoms with van der Waals surface area (Å²) in [5, 5.41) is 1.09. The first-order valence-electron chi connectivity index (χ1n) is 7.65. The fourth-order valence-corrected chi connectivity index (χ4v) is 2.88. The van der Waals surface area contributed by atoms with Gasteiger partial charge in [-0.1, -0.05) is 11.6 Å². The Morgan fingerprint density at radius 2 is 1.15 bits per heavy atom. The quantitative estimate of drug-likeness (QED) is 0.277. The molecule has 0 aromatic heterocycles. The molecule has 20 heavy (non-hydrogen) atoms. The highest BCUT2D eigenvalue weighted by molar-refractivity contribution is 14.1. The van der Waals surface area contributed by atoms with Gasteiger partial charge < -0.3 is 8.97 Å². The summed E-state index contributed by atoms with van der Waals surface area (Å²) < 4.78 is 3.47. The van der Waals surface area contributed by atoms with Crippen molar-refractivity contribution in [2.45, 2.75) is 38.5 Å². The fourth-order valence-electron chi connectivity index (χ4n) is 2.00. The third-order valence-electron chi connectivity index (χ3n) is 3.24. The van der Waals surface area contributed by atoms with E-state index in [0.717, 1.165) is 26.8 Å². The largest absolute Gasteiger partial charge is 0.331 e. The number of unbranched alkanes of at least 4 members (excludes halogenated alkanes) is 2. The predicted octanol–water partition coefficient (Wildman–Crippen LogP) is 4.62. The van der Waals surface area contributed by atoms with Crippen molar-refractivity contribution in [1.82, 2.24) is 0 Å². The first kappa shape index (κ1) is 20.7. The van der Waals surface area contributed by atoms with E-state index in [-0.39, 0.29) is 0 Å². The molecule has 0 amide bonds. The van der Waals surface area contributed by atoms with E-state index in [1.807, 2.05) is 0 Å². The van der Waals surface area contributed by atoms with Crippen molar-refractivity contribution >= 4 is 34.2 Å². The average molecular weight is 417 g/mol. The highest BCUT2D eigenvalue weighted by Crippen LogP contribution is 2.26. The number of halogens is 2. The molecule has 0 aromatic carbocycles. The molecular weight excluding hydrogens is 383 g/mol. The van der Waals surface area contributed by atoms with Gasteiger partial charge in [0.25, 0.3) is 0 Å². The van der Waals surface area contributed by atoms with E-state index in [4.69, 9.17) is 11.6 Å². The third kappa shape index (κ3) is 13.7. The van der Waals surface area contributed by atoms with E-state index in [1.165, 1.54) is 42.4 Å². The molecule has 4 heteroatoms. The van der Waals surface area contributed by atoms with Crippen LogP contribution in [0.1, 0.15) is 38.5 Å². The Kier molecular flexibility index (Phi) is 9.98. The molecule has 0 aliphatic rings. The summed E-state index contributed by atoms with van der Waals surface area (Å²) in [6.45, 7) is 2.47. The normalized spacial score (nSPS) is 14.4. The van der Waals surface area contributed by atoms with E-state index in [2.05, 4.69) is 64.9 Å². The molecule has 0 atom stereocenters. The van der Waals surface area contributed by atoms with Crippen molar-refractivity contribution in [2.24, 2.45) is 0 Å².